The molecule has 0 N–H and O–H groups in total. The van der Waals surface area contributed by atoms with Gasteiger partial charge in [0.2, 0.25) is 0 Å². The molecule has 0 bridgehead atoms. The quantitative estimate of drug-likeness (QED) is 0.609. The van der Waals surface area contributed by atoms with Crippen molar-refractivity contribution in [1.82, 2.24) is 14.8 Å². The SMILES string of the molecule is Fc1ccc(-c2nc(CCl)cs2)cc1Cn1cc(Br)cn1. The molecule has 3 rings (SSSR count). The van der Waals surface area contributed by atoms with E-state index in [0.29, 0.717) is 18.0 Å². The number of thiazole rings is 1. The molecule has 0 aliphatic heterocycles. The van der Waals surface area contributed by atoms with Gasteiger partial charge in [-0.15, -0.1) is 22.9 Å². The van der Waals surface area contributed by atoms with E-state index in [2.05, 4.69) is 26.0 Å². The van der Waals surface area contributed by atoms with E-state index in [1.165, 1.54) is 17.4 Å². The summed E-state index contributed by atoms with van der Waals surface area (Å²) in [4.78, 5) is 4.42. The molecular formula is C14H10BrClFN3S. The van der Waals surface area contributed by atoms with Crippen molar-refractivity contribution >= 4 is 38.9 Å². The van der Waals surface area contributed by atoms with E-state index in [1.54, 1.807) is 23.1 Å². The number of hydrogen-bond acceptors (Lipinski definition) is 3. The number of nitrogens with zero attached hydrogens (tertiary/aromatic N) is 3. The minimum atomic E-state index is -0.250. The topological polar surface area (TPSA) is 30.7 Å². The summed E-state index contributed by atoms with van der Waals surface area (Å²) < 4.78 is 16.5. The summed E-state index contributed by atoms with van der Waals surface area (Å²) in [6, 6.07) is 5.00. The summed E-state index contributed by atoms with van der Waals surface area (Å²) >= 11 is 10.6. The normalized spacial score (nSPS) is 11.0. The highest BCUT2D eigenvalue weighted by Gasteiger charge is 2.09. The largest absolute Gasteiger partial charge is 0.267 e. The van der Waals surface area contributed by atoms with Crippen molar-refractivity contribution in [3.05, 3.63) is 57.5 Å². The van der Waals surface area contributed by atoms with E-state index < -0.39 is 0 Å². The van der Waals surface area contributed by atoms with Gasteiger partial charge in [0.05, 0.1) is 28.8 Å². The van der Waals surface area contributed by atoms with Crippen molar-refractivity contribution in [2.75, 3.05) is 0 Å². The second-order valence-corrected chi connectivity index (χ2v) is 6.48. The zero-order valence-corrected chi connectivity index (χ0v) is 13.9. The highest BCUT2D eigenvalue weighted by atomic mass is 79.9. The molecule has 3 nitrogen and oxygen atoms in total. The molecule has 2 aromatic heterocycles. The Morgan fingerprint density at radius 3 is 2.90 bits per heavy atom. The predicted molar refractivity (Wildman–Crippen MR) is 86.1 cm³/mol. The van der Waals surface area contributed by atoms with E-state index in [0.717, 1.165) is 20.7 Å². The summed E-state index contributed by atoms with van der Waals surface area (Å²) in [5, 5.41) is 6.90. The van der Waals surface area contributed by atoms with Gasteiger partial charge in [-0.2, -0.15) is 5.10 Å². The Bertz CT molecular complexity index is 771. The Morgan fingerprint density at radius 2 is 2.24 bits per heavy atom. The molecule has 0 amide bonds. The molecule has 0 fully saturated rings. The van der Waals surface area contributed by atoms with Gasteiger partial charge in [-0.25, -0.2) is 9.37 Å². The van der Waals surface area contributed by atoms with Crippen LogP contribution < -0.4 is 0 Å². The van der Waals surface area contributed by atoms with Crippen LogP contribution in [0.3, 0.4) is 0 Å². The number of aromatic nitrogens is 3. The van der Waals surface area contributed by atoms with Crippen LogP contribution in [0.2, 0.25) is 0 Å². The molecule has 0 saturated carbocycles. The molecule has 0 atom stereocenters. The van der Waals surface area contributed by atoms with Gasteiger partial charge in [0.25, 0.3) is 0 Å². The second kappa shape index (κ2) is 6.25. The smallest absolute Gasteiger partial charge is 0.128 e. The molecule has 0 spiro atoms. The van der Waals surface area contributed by atoms with Gasteiger partial charge in [0.1, 0.15) is 10.8 Å². The lowest BCUT2D eigenvalue weighted by atomic mass is 10.1. The summed E-state index contributed by atoms with van der Waals surface area (Å²) in [7, 11) is 0. The van der Waals surface area contributed by atoms with Gasteiger partial charge < -0.3 is 0 Å². The maximum absolute atomic E-state index is 14.0. The highest BCUT2D eigenvalue weighted by molar-refractivity contribution is 9.10. The average molecular weight is 387 g/mol. The fourth-order valence-electron chi connectivity index (χ4n) is 1.93. The molecule has 108 valence electrons. The lowest BCUT2D eigenvalue weighted by Crippen LogP contribution is -2.02. The first-order valence-electron chi connectivity index (χ1n) is 6.13. The van der Waals surface area contributed by atoms with Crippen LogP contribution in [-0.2, 0) is 12.4 Å². The van der Waals surface area contributed by atoms with Crippen molar-refractivity contribution in [2.45, 2.75) is 12.4 Å². The minimum Gasteiger partial charge on any atom is -0.267 e. The van der Waals surface area contributed by atoms with E-state index in [-0.39, 0.29) is 5.82 Å². The van der Waals surface area contributed by atoms with Crippen LogP contribution in [-0.4, -0.2) is 14.8 Å². The van der Waals surface area contributed by atoms with Crippen LogP contribution in [0.5, 0.6) is 0 Å². The Hall–Kier alpha value is -1.24. The predicted octanol–water partition coefficient (Wildman–Crippen LogP) is 4.70. The van der Waals surface area contributed by atoms with Gasteiger partial charge in [0, 0.05) is 22.7 Å². The van der Waals surface area contributed by atoms with E-state index in [1.807, 2.05) is 11.4 Å². The minimum absolute atomic E-state index is 0.250. The molecule has 7 heteroatoms. The molecule has 3 aromatic rings. The Balaban J connectivity index is 1.92. The summed E-state index contributed by atoms with van der Waals surface area (Å²) in [5.41, 5.74) is 2.29. The summed E-state index contributed by atoms with van der Waals surface area (Å²) in [6.07, 6.45) is 3.48. The standard InChI is InChI=1S/C14H10BrClFN3S/c15-11-5-18-20(7-11)6-10-3-9(1-2-13(10)17)14-19-12(4-16)8-21-14/h1-3,5,7-8H,4,6H2. The highest BCUT2D eigenvalue weighted by Crippen LogP contribution is 2.26. The van der Waals surface area contributed by atoms with Gasteiger partial charge in [-0.3, -0.25) is 4.68 Å². The first-order chi connectivity index (χ1) is 10.2. The molecule has 0 unspecified atom stereocenters. The van der Waals surface area contributed by atoms with Gasteiger partial charge in [0.15, 0.2) is 0 Å². The number of halogens is 3. The Kier molecular flexibility index (Phi) is 4.37. The first-order valence-corrected chi connectivity index (χ1v) is 8.33. The van der Waals surface area contributed by atoms with Gasteiger partial charge in [-0.05, 0) is 34.1 Å². The third kappa shape index (κ3) is 3.33. The van der Waals surface area contributed by atoms with Crippen LogP contribution in [0.4, 0.5) is 4.39 Å². The average Bonchev–Trinajstić information content (AvgIpc) is 3.10. The molecule has 1 aromatic carbocycles. The van der Waals surface area contributed by atoms with Crippen LogP contribution in [0, 0.1) is 5.82 Å². The fraction of sp³-hybridized carbons (Fsp3) is 0.143. The van der Waals surface area contributed by atoms with Gasteiger partial charge >= 0.3 is 0 Å². The zero-order valence-electron chi connectivity index (χ0n) is 10.8. The van der Waals surface area contributed by atoms with Crippen molar-refractivity contribution in [1.29, 1.82) is 0 Å². The van der Waals surface area contributed by atoms with Crippen LogP contribution >= 0.6 is 38.9 Å². The maximum Gasteiger partial charge on any atom is 0.128 e. The molecule has 0 radical (unpaired) electrons. The number of hydrogen-bond donors (Lipinski definition) is 0. The van der Waals surface area contributed by atoms with Gasteiger partial charge in [-0.1, -0.05) is 0 Å². The van der Waals surface area contributed by atoms with Crippen LogP contribution in [0.15, 0.2) is 40.4 Å². The van der Waals surface area contributed by atoms with Crippen LogP contribution in [0.1, 0.15) is 11.3 Å². The third-order valence-corrected chi connectivity index (χ3v) is 4.54. The third-order valence-electron chi connectivity index (χ3n) is 2.92. The number of benzene rings is 1. The fourth-order valence-corrected chi connectivity index (χ4v) is 3.30. The van der Waals surface area contributed by atoms with E-state index in [4.69, 9.17) is 11.6 Å². The molecular weight excluding hydrogens is 377 g/mol. The lowest BCUT2D eigenvalue weighted by Gasteiger charge is -2.06. The second-order valence-electron chi connectivity index (χ2n) is 4.44. The Labute approximate surface area is 138 Å². The molecule has 0 aliphatic rings. The lowest BCUT2D eigenvalue weighted by molar-refractivity contribution is 0.585. The van der Waals surface area contributed by atoms with Crippen molar-refractivity contribution in [2.24, 2.45) is 0 Å². The Morgan fingerprint density at radius 1 is 1.38 bits per heavy atom. The van der Waals surface area contributed by atoms with Crippen molar-refractivity contribution < 1.29 is 4.39 Å². The van der Waals surface area contributed by atoms with Crippen molar-refractivity contribution in [3.8, 4) is 10.6 Å². The maximum atomic E-state index is 14.0. The molecule has 21 heavy (non-hydrogen) atoms. The van der Waals surface area contributed by atoms with E-state index >= 15 is 0 Å². The molecule has 0 saturated heterocycles. The summed E-state index contributed by atoms with van der Waals surface area (Å²) in [6.45, 7) is 0.374. The monoisotopic (exact) mass is 385 g/mol. The summed E-state index contributed by atoms with van der Waals surface area (Å²) in [5.74, 6) is 0.130. The van der Waals surface area contributed by atoms with Crippen molar-refractivity contribution in [3.63, 3.8) is 0 Å². The first kappa shape index (κ1) is 14.7. The number of rotatable bonds is 4. The number of alkyl halides is 1. The zero-order chi connectivity index (χ0) is 14.8. The molecule has 2 heterocycles. The van der Waals surface area contributed by atoms with Crippen LogP contribution in [0.25, 0.3) is 10.6 Å². The molecule has 0 aliphatic carbocycles. The van der Waals surface area contributed by atoms with E-state index in [9.17, 15) is 4.39 Å².